The van der Waals surface area contributed by atoms with E-state index >= 15 is 0 Å². The summed E-state index contributed by atoms with van der Waals surface area (Å²) in [6.07, 6.45) is -9.98. The van der Waals surface area contributed by atoms with Crippen molar-refractivity contribution in [3.05, 3.63) is 6.33 Å². The minimum Gasteiger partial charge on any atom is -0.387 e. The molecular weight excluding hydrogens is 740 g/mol. The second-order valence-electron chi connectivity index (χ2n) is 9.38. The van der Waals surface area contributed by atoms with Gasteiger partial charge in [-0.3, -0.25) is 17.9 Å². The van der Waals surface area contributed by atoms with E-state index in [1.807, 2.05) is 0 Å². The highest BCUT2D eigenvalue weighted by molar-refractivity contribution is 7.99. The Balaban J connectivity index is 1.81. The van der Waals surface area contributed by atoms with Crippen molar-refractivity contribution in [2.24, 2.45) is 0 Å². The van der Waals surface area contributed by atoms with Crippen LogP contribution in [0.5, 0.6) is 0 Å². The fourth-order valence-electron chi connectivity index (χ4n) is 3.74. The molecule has 4 unspecified atom stereocenters. The molecule has 1 saturated heterocycles. The molecule has 0 amide bonds. The molecule has 0 radical (unpaired) electrons. The predicted octanol–water partition coefficient (Wildman–Crippen LogP) is 2.20. The van der Waals surface area contributed by atoms with E-state index in [0.717, 1.165) is 10.9 Å². The second-order valence-corrected chi connectivity index (χ2v) is 18.5. The Morgan fingerprint density at radius 3 is 2.49 bits per heavy atom. The van der Waals surface area contributed by atoms with Crippen molar-refractivity contribution in [1.82, 2.24) is 19.5 Å². The number of aromatic nitrogens is 4. The summed E-state index contributed by atoms with van der Waals surface area (Å²) in [4.78, 5) is 51.6. The first-order chi connectivity index (χ1) is 20.7. The van der Waals surface area contributed by atoms with Crippen LogP contribution in [0.1, 0.15) is 26.0 Å². The number of ether oxygens (including phenoxy) is 1. The predicted molar refractivity (Wildman–Crippen MR) is 157 cm³/mol. The van der Waals surface area contributed by atoms with E-state index < -0.39 is 94.9 Å². The molecule has 17 nitrogen and oxygen atoms in total. The zero-order chi connectivity index (χ0) is 34.0. The highest BCUT2D eigenvalue weighted by Crippen LogP contribution is 2.74. The number of halogens is 4. The monoisotopic (exact) mass is 769 g/mol. The summed E-state index contributed by atoms with van der Waals surface area (Å²) in [5.41, 5.74) is 0.0622. The van der Waals surface area contributed by atoms with Crippen LogP contribution in [-0.2, 0) is 33.5 Å². The number of aliphatic hydroxyl groups is 2. The Hall–Kier alpha value is -0.540. The Bertz CT molecular complexity index is 1460. The Kier molecular flexibility index (Phi) is 13.3. The summed E-state index contributed by atoms with van der Waals surface area (Å²) in [5.74, 6) is -0.122. The molecule has 2 aromatic heterocycles. The Morgan fingerprint density at radius 1 is 1.24 bits per heavy atom. The Labute approximate surface area is 266 Å². The summed E-state index contributed by atoms with van der Waals surface area (Å²) in [6.45, 7) is 0.409. The van der Waals surface area contributed by atoms with Gasteiger partial charge in [-0.25, -0.2) is 23.8 Å². The molecule has 0 spiro atoms. The number of fused-ring (bicyclic) bond motifs is 1. The van der Waals surface area contributed by atoms with Gasteiger partial charge in [-0.05, 0) is 6.42 Å². The van der Waals surface area contributed by atoms with Crippen LogP contribution in [0.2, 0.25) is 0 Å². The van der Waals surface area contributed by atoms with Gasteiger partial charge in [0.1, 0.15) is 18.3 Å². The maximum Gasteiger partial charge on any atom is 0.477 e. The van der Waals surface area contributed by atoms with Gasteiger partial charge in [0.2, 0.25) is 12.7 Å². The largest absolute Gasteiger partial charge is 0.477 e. The first-order valence-electron chi connectivity index (χ1n) is 12.6. The molecule has 2 aromatic rings. The number of nitrogens with zero attached hydrogens (tertiary/aromatic N) is 4. The molecule has 7 N–H and O–H groups in total. The number of aliphatic hydroxyl groups excluding tert-OH is 2. The number of thioether (sulfide) groups is 1. The van der Waals surface area contributed by atoms with Crippen molar-refractivity contribution < 1.29 is 69.9 Å². The SMILES string of the molecule is CCC(Cl)(P(O)OP(=O)(O)OC[C@H]1O[C@@H](n2cnc3c(NCCS(C)=O)nc(SCCC(F)(F)F)nc32)[C@H](O)[C@@H]1O)P(=O)(O)O. The van der Waals surface area contributed by atoms with Crippen LogP contribution in [0.25, 0.3) is 11.2 Å². The van der Waals surface area contributed by atoms with E-state index in [1.165, 1.54) is 13.2 Å². The molecule has 0 bridgehead atoms. The van der Waals surface area contributed by atoms with Crippen LogP contribution in [-0.4, -0.2) is 113 Å². The molecule has 1 aliphatic heterocycles. The number of phosphoric ester groups is 1. The molecule has 8 atom stereocenters. The normalized spacial score (nSPS) is 25.2. The van der Waals surface area contributed by atoms with Crippen LogP contribution in [0.3, 0.4) is 0 Å². The van der Waals surface area contributed by atoms with Gasteiger partial charge in [-0.1, -0.05) is 30.3 Å². The minimum absolute atomic E-state index is 0.0324. The van der Waals surface area contributed by atoms with Crippen molar-refractivity contribution in [2.75, 3.05) is 36.2 Å². The molecule has 0 saturated carbocycles. The summed E-state index contributed by atoms with van der Waals surface area (Å²) in [6, 6.07) is 0. The average molecular weight is 770 g/mol. The van der Waals surface area contributed by atoms with Crippen molar-refractivity contribution in [1.29, 1.82) is 0 Å². The highest BCUT2D eigenvalue weighted by Gasteiger charge is 2.54. The van der Waals surface area contributed by atoms with E-state index in [-0.39, 0.29) is 34.4 Å². The van der Waals surface area contributed by atoms with Gasteiger partial charge in [-0.15, -0.1) is 0 Å². The van der Waals surface area contributed by atoms with Crippen molar-refractivity contribution >= 4 is 74.9 Å². The lowest BCUT2D eigenvalue weighted by Crippen LogP contribution is -2.33. The van der Waals surface area contributed by atoms with Gasteiger partial charge in [-0.2, -0.15) is 13.2 Å². The molecule has 0 aliphatic carbocycles. The lowest BCUT2D eigenvalue weighted by molar-refractivity contribution is -0.129. The third-order valence-corrected chi connectivity index (χ3v) is 14.4. The maximum absolute atomic E-state index is 12.7. The second kappa shape index (κ2) is 15.3. The summed E-state index contributed by atoms with van der Waals surface area (Å²) in [7, 11) is -15.1. The van der Waals surface area contributed by atoms with E-state index in [1.54, 1.807) is 0 Å². The quantitative estimate of drug-likeness (QED) is 0.0559. The number of imidazole rings is 1. The molecule has 0 aromatic carbocycles. The maximum atomic E-state index is 12.7. The van der Waals surface area contributed by atoms with Gasteiger partial charge < -0.3 is 39.8 Å². The third kappa shape index (κ3) is 9.99. The Morgan fingerprint density at radius 2 is 1.91 bits per heavy atom. The van der Waals surface area contributed by atoms with Gasteiger partial charge >= 0.3 is 21.6 Å². The molecule has 1 fully saturated rings. The van der Waals surface area contributed by atoms with Gasteiger partial charge in [0.05, 0.1) is 19.4 Å². The lowest BCUT2D eigenvalue weighted by Gasteiger charge is -2.30. The fraction of sp³-hybridized carbons (Fsp3) is 0.737. The smallest absolute Gasteiger partial charge is 0.387 e. The van der Waals surface area contributed by atoms with E-state index in [2.05, 4.69) is 24.6 Å². The molecular formula is C19H30ClF3N5O12P3S2. The third-order valence-electron chi connectivity index (χ3n) is 6.08. The van der Waals surface area contributed by atoms with Gasteiger partial charge in [0.15, 0.2) is 28.4 Å². The van der Waals surface area contributed by atoms with Crippen LogP contribution >= 0.6 is 47.2 Å². The number of anilines is 1. The molecule has 3 heterocycles. The van der Waals surface area contributed by atoms with E-state index in [9.17, 15) is 56.3 Å². The van der Waals surface area contributed by atoms with Crippen LogP contribution in [0.15, 0.2) is 11.5 Å². The number of hydrogen-bond acceptors (Lipinski definition) is 14. The molecule has 26 heteroatoms. The van der Waals surface area contributed by atoms with Crippen molar-refractivity contribution in [2.45, 2.75) is 60.0 Å². The van der Waals surface area contributed by atoms with E-state index in [0.29, 0.717) is 11.8 Å². The zero-order valence-corrected chi connectivity index (χ0v) is 28.3. The van der Waals surface area contributed by atoms with Crippen molar-refractivity contribution in [3.63, 3.8) is 0 Å². The van der Waals surface area contributed by atoms with Gasteiger partial charge in [0, 0.05) is 35.1 Å². The fourth-order valence-corrected chi connectivity index (χ4v) is 8.94. The van der Waals surface area contributed by atoms with Crippen LogP contribution in [0.4, 0.5) is 19.0 Å². The topological polar surface area (TPSA) is 256 Å². The summed E-state index contributed by atoms with van der Waals surface area (Å²) >= 11 is 6.47. The number of alkyl halides is 4. The summed E-state index contributed by atoms with van der Waals surface area (Å²) in [5, 5.41) is 24.1. The standard InChI is InChI=1S/C19H30ClF3N5O12P3S2/c1-3-18(20,42(32,33)34)41(31)40-43(35,36)38-8-10-12(29)13(30)16(39-10)28-9-25-11-14(24-5-7-45(2)37)26-17(27-15(11)28)44-6-4-19(21,22)23/h9-10,12-13,16,29-31H,3-8H2,1-2H3,(H,35,36)(H,24,26,27)(H2,32,33,34)/t10-,12-,13-,16-,18?,41?,45?/m1/s1. The van der Waals surface area contributed by atoms with Crippen LogP contribution < -0.4 is 5.32 Å². The first-order valence-corrected chi connectivity index (χ1v) is 20.0. The first kappa shape index (κ1) is 38.9. The molecule has 3 rings (SSSR count). The number of phosphoric acid groups is 1. The summed E-state index contributed by atoms with van der Waals surface area (Å²) < 4.78 is 87.0. The average Bonchev–Trinajstić information content (AvgIpc) is 3.45. The molecule has 258 valence electrons. The molecule has 45 heavy (non-hydrogen) atoms. The number of rotatable bonds is 16. The van der Waals surface area contributed by atoms with Crippen LogP contribution in [0, 0.1) is 0 Å². The van der Waals surface area contributed by atoms with Crippen molar-refractivity contribution in [3.8, 4) is 0 Å². The van der Waals surface area contributed by atoms with E-state index in [4.69, 9.17) is 20.9 Å². The van der Waals surface area contributed by atoms with Gasteiger partial charge in [0.25, 0.3) is 0 Å². The number of hydrogen-bond donors (Lipinski definition) is 7. The highest BCUT2D eigenvalue weighted by atomic mass is 35.5. The molecule has 1 aliphatic rings. The minimum atomic E-state index is -5.27. The lowest BCUT2D eigenvalue weighted by atomic mass is 10.1. The zero-order valence-electron chi connectivity index (χ0n) is 23.2. The number of nitrogens with one attached hydrogen (secondary N) is 1.